The second kappa shape index (κ2) is 8.28. The third-order valence-electron chi connectivity index (χ3n) is 5.57. The fourth-order valence-electron chi connectivity index (χ4n) is 3.73. The van der Waals surface area contributed by atoms with Gasteiger partial charge in [0.2, 0.25) is 5.88 Å². The lowest BCUT2D eigenvalue weighted by Gasteiger charge is -2.07. The highest BCUT2D eigenvalue weighted by Gasteiger charge is 2.20. The van der Waals surface area contributed by atoms with Crippen molar-refractivity contribution in [2.45, 2.75) is 32.4 Å². The van der Waals surface area contributed by atoms with E-state index in [9.17, 15) is 9.90 Å². The molecule has 0 bridgehead atoms. The number of imidazole rings is 1. The monoisotopic (exact) mass is 471 g/mol. The molecule has 35 heavy (non-hydrogen) atoms. The number of aromatic hydroxyl groups is 1. The molecule has 5 aromatic rings. The quantitative estimate of drug-likeness (QED) is 0.341. The minimum Gasteiger partial charge on any atom is -0.493 e. The highest BCUT2D eigenvalue weighted by molar-refractivity contribution is 5.64. The number of hydrogen-bond acceptors (Lipinski definition) is 8. The summed E-state index contributed by atoms with van der Waals surface area (Å²) in [6, 6.07) is 11.6. The zero-order valence-electron chi connectivity index (χ0n) is 18.7. The number of benzene rings is 1. The second-order valence-electron chi connectivity index (χ2n) is 8.43. The summed E-state index contributed by atoms with van der Waals surface area (Å²) in [7, 11) is 0. The smallest absolute Gasteiger partial charge is 0.326 e. The summed E-state index contributed by atoms with van der Waals surface area (Å²) < 4.78 is 12.7. The van der Waals surface area contributed by atoms with Crippen molar-refractivity contribution in [3.05, 3.63) is 80.9 Å². The minimum absolute atomic E-state index is 0.247. The number of hydrogen-bond donors (Lipinski definition) is 3. The number of fused-ring (bicyclic) bond motifs is 1. The van der Waals surface area contributed by atoms with Gasteiger partial charge in [-0.2, -0.15) is 9.61 Å². The number of nitrogens with zero attached hydrogens (tertiary/aromatic N) is 5. The molecule has 0 spiro atoms. The standard InChI is InChI=1S/C24H21N7O4/c1-13-7-17(30-35-13)12-34-18-4-2-3-14(8-18)19-10-21(26-16-5-6-16)31-22(27-19)15(11-25-31)9-20-23(32)29-24(33)28-20/h2-4,7-11,16,32H,5-6,12H2,1H3,(H2,28,29,33). The van der Waals surface area contributed by atoms with Crippen LogP contribution in [0.4, 0.5) is 0 Å². The molecule has 0 radical (unpaired) electrons. The first-order chi connectivity index (χ1) is 17.0. The number of H-pyrrole nitrogens is 2. The first kappa shape index (κ1) is 20.9. The van der Waals surface area contributed by atoms with Gasteiger partial charge in [0, 0.05) is 22.9 Å². The van der Waals surface area contributed by atoms with Crippen molar-refractivity contribution in [3.63, 3.8) is 0 Å². The summed E-state index contributed by atoms with van der Waals surface area (Å²) in [5, 5.41) is 19.0. The largest absolute Gasteiger partial charge is 0.493 e. The molecule has 11 heteroatoms. The molecule has 0 saturated heterocycles. The summed E-state index contributed by atoms with van der Waals surface area (Å²) in [5.41, 5.74) is 3.23. The zero-order chi connectivity index (χ0) is 23.9. The summed E-state index contributed by atoms with van der Waals surface area (Å²) in [6.07, 6.45) is 5.33. The molecule has 0 atom stereocenters. The van der Waals surface area contributed by atoms with Gasteiger partial charge >= 0.3 is 5.69 Å². The molecular weight excluding hydrogens is 450 g/mol. The zero-order valence-corrected chi connectivity index (χ0v) is 18.7. The van der Waals surface area contributed by atoms with Gasteiger partial charge in [-0.15, -0.1) is 0 Å². The van der Waals surface area contributed by atoms with Gasteiger partial charge in [0.25, 0.3) is 0 Å². The molecule has 176 valence electrons. The average Bonchev–Trinajstić information content (AvgIpc) is 3.26. The Morgan fingerprint density at radius 2 is 2.17 bits per heavy atom. The highest BCUT2D eigenvalue weighted by Crippen LogP contribution is 2.24. The Bertz CT molecular complexity index is 1720. The summed E-state index contributed by atoms with van der Waals surface area (Å²) in [4.78, 5) is 26.0. The van der Waals surface area contributed by atoms with Crippen LogP contribution in [-0.2, 0) is 6.61 Å². The van der Waals surface area contributed by atoms with Crippen LogP contribution in [0.1, 0.15) is 30.0 Å². The fraction of sp³-hybridized carbons (Fsp3) is 0.208. The second-order valence-corrected chi connectivity index (χ2v) is 8.43. The maximum absolute atomic E-state index is 11.5. The van der Waals surface area contributed by atoms with Crippen LogP contribution in [-0.4, -0.2) is 40.9 Å². The molecule has 1 fully saturated rings. The average molecular weight is 471 g/mol. The molecule has 1 aliphatic rings. The van der Waals surface area contributed by atoms with Gasteiger partial charge < -0.3 is 19.4 Å². The van der Waals surface area contributed by atoms with Gasteiger partial charge in [0.15, 0.2) is 11.1 Å². The van der Waals surface area contributed by atoms with Crippen LogP contribution in [0, 0.1) is 6.92 Å². The van der Waals surface area contributed by atoms with Crippen LogP contribution in [0.3, 0.4) is 0 Å². The minimum atomic E-state index is -0.499. The van der Waals surface area contributed by atoms with Gasteiger partial charge in [-0.1, -0.05) is 17.3 Å². The molecule has 1 aromatic carbocycles. The topological polar surface area (TPSA) is 147 Å². The van der Waals surface area contributed by atoms with Gasteiger partial charge in [-0.25, -0.2) is 9.78 Å². The van der Waals surface area contributed by atoms with E-state index in [1.165, 1.54) is 0 Å². The van der Waals surface area contributed by atoms with Crippen molar-refractivity contribution in [1.82, 2.24) is 29.7 Å². The Balaban J connectivity index is 1.43. The molecule has 0 amide bonds. The number of aryl methyl sites for hydroxylation is 1. The molecule has 4 aromatic heterocycles. The van der Waals surface area contributed by atoms with E-state index in [4.69, 9.17) is 19.2 Å². The van der Waals surface area contributed by atoms with Crippen molar-refractivity contribution in [3.8, 4) is 22.9 Å². The van der Waals surface area contributed by atoms with Crippen LogP contribution < -0.4 is 21.1 Å². The molecular formula is C24H21N7O4. The number of nitrogens with one attached hydrogen (secondary N) is 2. The van der Waals surface area contributed by atoms with Crippen molar-refractivity contribution >= 4 is 11.7 Å². The number of ether oxygens (including phenoxy) is 1. The summed E-state index contributed by atoms with van der Waals surface area (Å²) in [6.45, 7) is 2.12. The van der Waals surface area contributed by atoms with Crippen LogP contribution in [0.5, 0.6) is 11.6 Å². The molecule has 1 saturated carbocycles. The van der Waals surface area contributed by atoms with Gasteiger partial charge in [-0.3, -0.25) is 9.98 Å². The molecule has 4 heterocycles. The third-order valence-corrected chi connectivity index (χ3v) is 5.57. The Hall–Kier alpha value is -4.67. The van der Waals surface area contributed by atoms with Gasteiger partial charge in [0.1, 0.15) is 29.5 Å². The Labute approximate surface area is 197 Å². The lowest BCUT2D eigenvalue weighted by molar-refractivity contribution is 0.288. The van der Waals surface area contributed by atoms with E-state index in [1.807, 2.05) is 43.3 Å². The molecule has 6 rings (SSSR count). The van der Waals surface area contributed by atoms with Gasteiger partial charge in [0.05, 0.1) is 17.9 Å². The predicted octanol–water partition coefficient (Wildman–Crippen LogP) is 1.60. The Kier molecular flexibility index (Phi) is 4.94. The van der Waals surface area contributed by atoms with E-state index in [-0.39, 0.29) is 24.2 Å². The maximum Gasteiger partial charge on any atom is 0.326 e. The Morgan fingerprint density at radius 3 is 2.91 bits per heavy atom. The van der Waals surface area contributed by atoms with Crippen LogP contribution in [0.2, 0.25) is 0 Å². The van der Waals surface area contributed by atoms with E-state index < -0.39 is 5.69 Å². The van der Waals surface area contributed by atoms with Crippen LogP contribution in [0.15, 0.2) is 56.9 Å². The molecule has 0 unspecified atom stereocenters. The summed E-state index contributed by atoms with van der Waals surface area (Å²) in [5.74, 6) is 1.15. The fourth-order valence-corrected chi connectivity index (χ4v) is 3.73. The highest BCUT2D eigenvalue weighted by atomic mass is 16.5. The van der Waals surface area contributed by atoms with E-state index in [0.29, 0.717) is 33.5 Å². The van der Waals surface area contributed by atoms with E-state index in [2.05, 4.69) is 20.2 Å². The Morgan fingerprint density at radius 1 is 1.29 bits per heavy atom. The lowest BCUT2D eigenvalue weighted by atomic mass is 10.1. The first-order valence-corrected chi connectivity index (χ1v) is 11.1. The normalized spacial score (nSPS) is 14.8. The number of aromatic amines is 2. The van der Waals surface area contributed by atoms with E-state index >= 15 is 0 Å². The van der Waals surface area contributed by atoms with Crippen molar-refractivity contribution in [1.29, 1.82) is 0 Å². The lowest BCUT2D eigenvalue weighted by Crippen LogP contribution is -2.19. The van der Waals surface area contributed by atoms with Crippen LogP contribution >= 0.6 is 0 Å². The van der Waals surface area contributed by atoms with E-state index in [1.54, 1.807) is 16.8 Å². The van der Waals surface area contributed by atoms with E-state index in [0.717, 1.165) is 24.2 Å². The van der Waals surface area contributed by atoms with Crippen molar-refractivity contribution in [2.24, 2.45) is 4.99 Å². The number of rotatable bonds is 6. The number of aromatic nitrogens is 6. The summed E-state index contributed by atoms with van der Waals surface area (Å²) >= 11 is 0. The SMILES string of the molecule is Cc1cc(COc2cccc(-c3cc(=NC4CC4)n4ncc(=Cc5[nH]c(=O)[nH]c5O)c4n3)c2)no1. The predicted molar refractivity (Wildman–Crippen MR) is 124 cm³/mol. The van der Waals surface area contributed by atoms with Crippen molar-refractivity contribution < 1.29 is 14.4 Å². The maximum atomic E-state index is 11.5. The van der Waals surface area contributed by atoms with Gasteiger partial charge in [-0.05, 0) is 38.0 Å². The molecule has 0 aliphatic heterocycles. The first-order valence-electron chi connectivity index (χ1n) is 11.1. The molecule has 1 aliphatic carbocycles. The van der Waals surface area contributed by atoms with Crippen LogP contribution in [0.25, 0.3) is 23.0 Å². The molecule has 11 nitrogen and oxygen atoms in total. The third kappa shape index (κ3) is 4.31. The molecule has 3 N–H and O–H groups in total. The van der Waals surface area contributed by atoms with Crippen molar-refractivity contribution in [2.75, 3.05) is 0 Å².